The summed E-state index contributed by atoms with van der Waals surface area (Å²) in [6.07, 6.45) is 0.468. The largest absolute Gasteiger partial charge is 0.376 e. The molecule has 7 heteroatoms. The van der Waals surface area contributed by atoms with Crippen LogP contribution in [0.1, 0.15) is 27.2 Å². The molecule has 28 heavy (non-hydrogen) atoms. The summed E-state index contributed by atoms with van der Waals surface area (Å²) in [6.45, 7) is 5.53. The van der Waals surface area contributed by atoms with Crippen LogP contribution in [0, 0.1) is 5.92 Å². The molecule has 4 N–H and O–H groups in total. The summed E-state index contributed by atoms with van der Waals surface area (Å²) < 4.78 is 0. The number of benzene rings is 2. The van der Waals surface area contributed by atoms with Gasteiger partial charge in [0.15, 0.2) is 0 Å². The standard InChI is InChI=1S/C21H26N4O3/c1-14(2)12-20(27)24-18-8-10-19(11-9-18)25-21(28)13-22-16-4-6-17(7-5-16)23-15(3)26/h4-11,14,22H,12-13H2,1-3H3,(H,23,26)(H,24,27)(H,25,28). The maximum absolute atomic E-state index is 12.1. The molecule has 0 aliphatic rings. The fraction of sp³-hybridized carbons (Fsp3) is 0.286. The molecule has 2 aromatic carbocycles. The Morgan fingerprint density at radius 3 is 1.61 bits per heavy atom. The van der Waals surface area contributed by atoms with Gasteiger partial charge < -0.3 is 21.3 Å². The highest BCUT2D eigenvalue weighted by Crippen LogP contribution is 2.15. The predicted octanol–water partition coefficient (Wildman–Crippen LogP) is 3.68. The normalized spacial score (nSPS) is 10.3. The third kappa shape index (κ3) is 7.49. The van der Waals surface area contributed by atoms with Crippen LogP contribution in [0.4, 0.5) is 22.7 Å². The Labute approximate surface area is 164 Å². The maximum Gasteiger partial charge on any atom is 0.243 e. The fourth-order valence-corrected chi connectivity index (χ4v) is 2.48. The zero-order valence-corrected chi connectivity index (χ0v) is 16.3. The predicted molar refractivity (Wildman–Crippen MR) is 112 cm³/mol. The van der Waals surface area contributed by atoms with Gasteiger partial charge in [-0.05, 0) is 54.4 Å². The van der Waals surface area contributed by atoms with E-state index in [2.05, 4.69) is 21.3 Å². The lowest BCUT2D eigenvalue weighted by Gasteiger charge is -2.10. The maximum atomic E-state index is 12.1. The van der Waals surface area contributed by atoms with E-state index in [1.807, 2.05) is 13.8 Å². The zero-order chi connectivity index (χ0) is 20.5. The number of nitrogens with one attached hydrogen (secondary N) is 4. The number of carbonyl (C=O) groups is 3. The molecule has 0 fully saturated rings. The van der Waals surface area contributed by atoms with Gasteiger partial charge in [-0.15, -0.1) is 0 Å². The highest BCUT2D eigenvalue weighted by atomic mass is 16.2. The first kappa shape index (κ1) is 21.0. The number of amides is 3. The lowest BCUT2D eigenvalue weighted by molar-refractivity contribution is -0.117. The number of rotatable bonds is 8. The summed E-state index contributed by atoms with van der Waals surface area (Å²) in [5.74, 6) is -0.0544. The minimum absolute atomic E-state index is 0.0273. The minimum Gasteiger partial charge on any atom is -0.376 e. The molecule has 2 aromatic rings. The average Bonchev–Trinajstić information content (AvgIpc) is 2.61. The Hall–Kier alpha value is -3.35. The van der Waals surface area contributed by atoms with Gasteiger partial charge in [-0.3, -0.25) is 14.4 Å². The molecule has 0 unspecified atom stereocenters. The molecular weight excluding hydrogens is 356 g/mol. The second-order valence-corrected chi connectivity index (χ2v) is 6.88. The second kappa shape index (κ2) is 10.1. The average molecular weight is 382 g/mol. The monoisotopic (exact) mass is 382 g/mol. The first-order valence-corrected chi connectivity index (χ1v) is 9.13. The molecule has 0 aliphatic carbocycles. The summed E-state index contributed by atoms with van der Waals surface area (Å²) in [7, 11) is 0. The first-order chi connectivity index (χ1) is 13.3. The minimum atomic E-state index is -0.192. The van der Waals surface area contributed by atoms with Crippen molar-refractivity contribution in [3.05, 3.63) is 48.5 Å². The summed E-state index contributed by atoms with van der Waals surface area (Å²) in [4.78, 5) is 34.9. The van der Waals surface area contributed by atoms with Gasteiger partial charge in [0.2, 0.25) is 17.7 Å². The van der Waals surface area contributed by atoms with Crippen molar-refractivity contribution in [2.75, 3.05) is 27.8 Å². The van der Waals surface area contributed by atoms with Crippen LogP contribution in [0.2, 0.25) is 0 Å². The van der Waals surface area contributed by atoms with E-state index in [0.29, 0.717) is 29.4 Å². The first-order valence-electron chi connectivity index (χ1n) is 9.13. The molecule has 0 aliphatic heterocycles. The Kier molecular flexibility index (Phi) is 7.56. The van der Waals surface area contributed by atoms with Crippen molar-refractivity contribution in [2.24, 2.45) is 5.92 Å². The zero-order valence-electron chi connectivity index (χ0n) is 16.3. The highest BCUT2D eigenvalue weighted by molar-refractivity contribution is 5.95. The topological polar surface area (TPSA) is 99.3 Å². The number of hydrogen-bond acceptors (Lipinski definition) is 4. The molecule has 0 saturated heterocycles. The molecule has 0 radical (unpaired) electrons. The van der Waals surface area contributed by atoms with Crippen LogP contribution in [0.25, 0.3) is 0 Å². The van der Waals surface area contributed by atoms with Crippen LogP contribution in [0.15, 0.2) is 48.5 Å². The Balaban J connectivity index is 1.79. The van der Waals surface area contributed by atoms with Crippen molar-refractivity contribution in [3.63, 3.8) is 0 Å². The van der Waals surface area contributed by atoms with Gasteiger partial charge in [0, 0.05) is 36.1 Å². The van der Waals surface area contributed by atoms with Crippen LogP contribution in [0.5, 0.6) is 0 Å². The molecule has 0 atom stereocenters. The number of anilines is 4. The van der Waals surface area contributed by atoms with Gasteiger partial charge in [0.25, 0.3) is 0 Å². The lowest BCUT2D eigenvalue weighted by atomic mass is 10.1. The molecule has 0 aromatic heterocycles. The van der Waals surface area contributed by atoms with Crippen molar-refractivity contribution in [3.8, 4) is 0 Å². The second-order valence-electron chi connectivity index (χ2n) is 6.88. The summed E-state index contributed by atoms with van der Waals surface area (Å²) in [5, 5.41) is 11.3. The van der Waals surface area contributed by atoms with Crippen molar-refractivity contribution in [1.29, 1.82) is 0 Å². The van der Waals surface area contributed by atoms with Gasteiger partial charge in [-0.25, -0.2) is 0 Å². The van der Waals surface area contributed by atoms with Crippen LogP contribution < -0.4 is 21.3 Å². The SMILES string of the molecule is CC(=O)Nc1ccc(NCC(=O)Nc2ccc(NC(=O)CC(C)C)cc2)cc1. The van der Waals surface area contributed by atoms with Gasteiger partial charge in [0.1, 0.15) is 0 Å². The van der Waals surface area contributed by atoms with Gasteiger partial charge in [-0.2, -0.15) is 0 Å². The molecule has 3 amide bonds. The van der Waals surface area contributed by atoms with Crippen LogP contribution >= 0.6 is 0 Å². The van der Waals surface area contributed by atoms with E-state index in [9.17, 15) is 14.4 Å². The molecule has 0 heterocycles. The molecule has 148 valence electrons. The van der Waals surface area contributed by atoms with E-state index >= 15 is 0 Å². The van der Waals surface area contributed by atoms with E-state index < -0.39 is 0 Å². The quantitative estimate of drug-likeness (QED) is 0.560. The van der Waals surface area contributed by atoms with Crippen molar-refractivity contribution >= 4 is 40.5 Å². The van der Waals surface area contributed by atoms with Gasteiger partial charge >= 0.3 is 0 Å². The highest BCUT2D eigenvalue weighted by Gasteiger charge is 2.06. The molecule has 7 nitrogen and oxygen atoms in total. The molecule has 2 rings (SSSR count). The van der Waals surface area contributed by atoms with Crippen molar-refractivity contribution in [2.45, 2.75) is 27.2 Å². The third-order valence-corrected chi connectivity index (χ3v) is 3.70. The van der Waals surface area contributed by atoms with Gasteiger partial charge in [-0.1, -0.05) is 13.8 Å². The Morgan fingerprint density at radius 1 is 0.714 bits per heavy atom. The molecule has 0 bridgehead atoms. The lowest BCUT2D eigenvalue weighted by Crippen LogP contribution is -2.21. The summed E-state index contributed by atoms with van der Waals surface area (Å²) >= 11 is 0. The third-order valence-electron chi connectivity index (χ3n) is 3.70. The number of carbonyl (C=O) groups excluding carboxylic acids is 3. The Bertz CT molecular complexity index is 815. The van der Waals surface area contributed by atoms with Crippen LogP contribution in [-0.2, 0) is 14.4 Å². The molecular formula is C21H26N4O3. The fourth-order valence-electron chi connectivity index (χ4n) is 2.48. The van der Waals surface area contributed by atoms with E-state index in [4.69, 9.17) is 0 Å². The van der Waals surface area contributed by atoms with E-state index in [-0.39, 0.29) is 24.3 Å². The summed E-state index contributed by atoms with van der Waals surface area (Å²) in [5.41, 5.74) is 2.81. The van der Waals surface area contributed by atoms with Crippen LogP contribution in [0.3, 0.4) is 0 Å². The summed E-state index contributed by atoms with van der Waals surface area (Å²) in [6, 6.07) is 14.1. The smallest absolute Gasteiger partial charge is 0.243 e. The van der Waals surface area contributed by atoms with E-state index in [1.165, 1.54) is 6.92 Å². The van der Waals surface area contributed by atoms with Crippen molar-refractivity contribution < 1.29 is 14.4 Å². The molecule has 0 saturated carbocycles. The number of hydrogen-bond donors (Lipinski definition) is 4. The van der Waals surface area contributed by atoms with Gasteiger partial charge in [0.05, 0.1) is 6.54 Å². The van der Waals surface area contributed by atoms with E-state index in [0.717, 1.165) is 5.69 Å². The molecule has 0 spiro atoms. The van der Waals surface area contributed by atoms with E-state index in [1.54, 1.807) is 48.5 Å². The van der Waals surface area contributed by atoms with Crippen molar-refractivity contribution in [1.82, 2.24) is 0 Å². The Morgan fingerprint density at radius 2 is 1.14 bits per heavy atom. The van der Waals surface area contributed by atoms with Crippen LogP contribution in [-0.4, -0.2) is 24.3 Å².